The number of para-hydroxylation sites is 1. The third-order valence-corrected chi connectivity index (χ3v) is 5.53. The molecule has 0 bridgehead atoms. The van der Waals surface area contributed by atoms with Crippen LogP contribution in [0.5, 0.6) is 0 Å². The van der Waals surface area contributed by atoms with Crippen molar-refractivity contribution in [3.05, 3.63) is 46.7 Å². The molecule has 2 saturated heterocycles. The Kier molecular flexibility index (Phi) is 4.98. The number of ether oxygens (including phenoxy) is 1. The maximum absolute atomic E-state index is 12.7. The average molecular weight is 375 g/mol. The summed E-state index contributed by atoms with van der Waals surface area (Å²) in [5.41, 5.74) is 1.86. The number of aryl methyl sites for hydroxylation is 1. The van der Waals surface area contributed by atoms with Crippen molar-refractivity contribution < 1.29 is 9.53 Å². The van der Waals surface area contributed by atoms with E-state index < -0.39 is 0 Å². The predicted octanol–water partition coefficient (Wildman–Crippen LogP) is 2.43. The SMILES string of the molecule is Cc1nn(-c2ccccc2)c(Cl)c1C(=O)NCC1CN2CCCC2CO1. The molecule has 4 rings (SSSR count). The summed E-state index contributed by atoms with van der Waals surface area (Å²) in [6, 6.07) is 10.1. The third kappa shape index (κ3) is 3.37. The van der Waals surface area contributed by atoms with E-state index in [4.69, 9.17) is 16.3 Å². The van der Waals surface area contributed by atoms with Crippen LogP contribution in [0, 0.1) is 6.92 Å². The van der Waals surface area contributed by atoms with Crippen molar-refractivity contribution in [3.8, 4) is 5.69 Å². The minimum Gasteiger partial charge on any atom is -0.373 e. The lowest BCUT2D eigenvalue weighted by molar-refractivity contribution is -0.0461. The first-order valence-corrected chi connectivity index (χ1v) is 9.45. The van der Waals surface area contributed by atoms with E-state index in [1.807, 2.05) is 30.3 Å². The number of hydrogen-bond donors (Lipinski definition) is 1. The number of fused-ring (bicyclic) bond motifs is 1. The molecule has 6 nitrogen and oxygen atoms in total. The fourth-order valence-electron chi connectivity index (χ4n) is 3.80. The molecule has 26 heavy (non-hydrogen) atoms. The Hall–Kier alpha value is -1.89. The van der Waals surface area contributed by atoms with Crippen LogP contribution in [0.1, 0.15) is 28.9 Å². The number of morpholine rings is 1. The second-order valence-corrected chi connectivity index (χ2v) is 7.31. The fraction of sp³-hybridized carbons (Fsp3) is 0.474. The highest BCUT2D eigenvalue weighted by atomic mass is 35.5. The van der Waals surface area contributed by atoms with Crippen molar-refractivity contribution >= 4 is 17.5 Å². The predicted molar refractivity (Wildman–Crippen MR) is 100.0 cm³/mol. The zero-order valence-electron chi connectivity index (χ0n) is 14.8. The van der Waals surface area contributed by atoms with Crippen LogP contribution in [-0.4, -0.2) is 59.0 Å². The highest BCUT2D eigenvalue weighted by Gasteiger charge is 2.32. The quantitative estimate of drug-likeness (QED) is 0.892. The minimum atomic E-state index is -0.207. The summed E-state index contributed by atoms with van der Waals surface area (Å²) >= 11 is 6.45. The topological polar surface area (TPSA) is 59.4 Å². The summed E-state index contributed by atoms with van der Waals surface area (Å²) in [5.74, 6) is -0.207. The van der Waals surface area contributed by atoms with Crippen LogP contribution in [-0.2, 0) is 4.74 Å². The van der Waals surface area contributed by atoms with Crippen molar-refractivity contribution in [3.63, 3.8) is 0 Å². The Morgan fingerprint density at radius 3 is 3.00 bits per heavy atom. The smallest absolute Gasteiger partial charge is 0.256 e. The van der Waals surface area contributed by atoms with Gasteiger partial charge in [-0.1, -0.05) is 29.8 Å². The normalized spacial score (nSPS) is 23.0. The van der Waals surface area contributed by atoms with Crippen molar-refractivity contribution in [2.24, 2.45) is 0 Å². The van der Waals surface area contributed by atoms with E-state index in [9.17, 15) is 4.79 Å². The molecule has 1 aromatic heterocycles. The number of halogens is 1. The molecule has 1 N–H and O–H groups in total. The van der Waals surface area contributed by atoms with Gasteiger partial charge in [-0.15, -0.1) is 0 Å². The maximum Gasteiger partial charge on any atom is 0.256 e. The number of nitrogens with zero attached hydrogens (tertiary/aromatic N) is 3. The van der Waals surface area contributed by atoms with E-state index in [1.165, 1.54) is 12.8 Å². The van der Waals surface area contributed by atoms with Crippen LogP contribution in [0.15, 0.2) is 30.3 Å². The van der Waals surface area contributed by atoms with Crippen molar-refractivity contribution in [1.29, 1.82) is 0 Å². The Morgan fingerprint density at radius 1 is 1.38 bits per heavy atom. The van der Waals surface area contributed by atoms with Gasteiger partial charge >= 0.3 is 0 Å². The van der Waals surface area contributed by atoms with Gasteiger partial charge in [0.2, 0.25) is 0 Å². The summed E-state index contributed by atoms with van der Waals surface area (Å²) in [7, 11) is 0. The number of benzene rings is 1. The van der Waals surface area contributed by atoms with Crippen molar-refractivity contribution in [1.82, 2.24) is 20.0 Å². The summed E-state index contributed by atoms with van der Waals surface area (Å²) < 4.78 is 7.50. The Bertz CT molecular complexity index is 792. The number of aromatic nitrogens is 2. The Labute approximate surface area is 158 Å². The van der Waals surface area contributed by atoms with E-state index >= 15 is 0 Å². The molecule has 2 aliphatic heterocycles. The van der Waals surface area contributed by atoms with E-state index in [1.54, 1.807) is 11.6 Å². The van der Waals surface area contributed by atoms with Crippen molar-refractivity contribution in [2.75, 3.05) is 26.2 Å². The van der Waals surface area contributed by atoms with Gasteiger partial charge in [-0.05, 0) is 38.4 Å². The molecule has 2 atom stereocenters. The van der Waals surface area contributed by atoms with Gasteiger partial charge < -0.3 is 10.1 Å². The standard InChI is InChI=1S/C19H23ClN4O2/c1-13-17(18(20)24(22-13)14-6-3-2-4-7-14)19(25)21-10-16-11-23-9-5-8-15(23)12-26-16/h2-4,6-7,15-16H,5,8-12H2,1H3,(H,21,25). The van der Waals surface area contributed by atoms with Crippen LogP contribution < -0.4 is 5.32 Å². The maximum atomic E-state index is 12.7. The fourth-order valence-corrected chi connectivity index (χ4v) is 4.16. The van der Waals surface area contributed by atoms with Gasteiger partial charge in [0, 0.05) is 19.1 Å². The summed E-state index contributed by atoms with van der Waals surface area (Å²) in [4.78, 5) is 15.1. The average Bonchev–Trinajstić information content (AvgIpc) is 3.24. The minimum absolute atomic E-state index is 0.0246. The number of carbonyl (C=O) groups is 1. The molecule has 0 saturated carbocycles. The van der Waals surface area contributed by atoms with Crippen LogP contribution in [0.25, 0.3) is 5.69 Å². The third-order valence-electron chi connectivity index (χ3n) is 5.18. The molecule has 1 aromatic carbocycles. The molecule has 2 aromatic rings. The van der Waals surface area contributed by atoms with Gasteiger partial charge in [0.05, 0.1) is 29.7 Å². The number of nitrogens with one attached hydrogen (secondary N) is 1. The molecule has 0 spiro atoms. The Morgan fingerprint density at radius 2 is 2.19 bits per heavy atom. The van der Waals surface area contributed by atoms with Gasteiger partial charge in [0.15, 0.2) is 0 Å². The van der Waals surface area contributed by atoms with Gasteiger partial charge in [-0.25, -0.2) is 4.68 Å². The molecule has 3 heterocycles. The zero-order valence-corrected chi connectivity index (χ0v) is 15.6. The van der Waals surface area contributed by atoms with Crippen LogP contribution in [0.4, 0.5) is 0 Å². The molecule has 2 aliphatic rings. The van der Waals surface area contributed by atoms with Crippen LogP contribution in [0.3, 0.4) is 0 Å². The lowest BCUT2D eigenvalue weighted by Crippen LogP contribution is -2.50. The van der Waals surface area contributed by atoms with E-state index in [2.05, 4.69) is 15.3 Å². The molecule has 1 amide bonds. The molecule has 2 unspecified atom stereocenters. The molecular weight excluding hydrogens is 352 g/mol. The number of carbonyl (C=O) groups excluding carboxylic acids is 1. The zero-order chi connectivity index (χ0) is 18.1. The Balaban J connectivity index is 1.43. The summed E-state index contributed by atoms with van der Waals surface area (Å²) in [6.45, 7) is 5.04. The van der Waals surface area contributed by atoms with Gasteiger partial charge in [0.1, 0.15) is 5.15 Å². The number of rotatable bonds is 4. The molecule has 2 fully saturated rings. The number of amides is 1. The highest BCUT2D eigenvalue weighted by molar-refractivity contribution is 6.33. The van der Waals surface area contributed by atoms with E-state index in [0.717, 1.165) is 25.4 Å². The molecule has 7 heteroatoms. The van der Waals surface area contributed by atoms with Gasteiger partial charge in [-0.3, -0.25) is 9.69 Å². The molecule has 0 aliphatic carbocycles. The number of hydrogen-bond acceptors (Lipinski definition) is 4. The highest BCUT2D eigenvalue weighted by Crippen LogP contribution is 2.24. The van der Waals surface area contributed by atoms with Gasteiger partial charge in [-0.2, -0.15) is 5.10 Å². The first-order chi connectivity index (χ1) is 12.6. The van der Waals surface area contributed by atoms with Crippen molar-refractivity contribution in [2.45, 2.75) is 31.9 Å². The largest absolute Gasteiger partial charge is 0.373 e. The summed E-state index contributed by atoms with van der Waals surface area (Å²) in [5, 5.41) is 7.72. The van der Waals surface area contributed by atoms with E-state index in [0.29, 0.717) is 29.0 Å². The second-order valence-electron chi connectivity index (χ2n) is 6.95. The molecular formula is C19H23ClN4O2. The summed E-state index contributed by atoms with van der Waals surface area (Å²) in [6.07, 6.45) is 2.48. The monoisotopic (exact) mass is 374 g/mol. The second kappa shape index (κ2) is 7.39. The molecule has 0 radical (unpaired) electrons. The lowest BCUT2D eigenvalue weighted by atomic mass is 10.2. The first kappa shape index (κ1) is 17.5. The van der Waals surface area contributed by atoms with Gasteiger partial charge in [0.25, 0.3) is 5.91 Å². The van der Waals surface area contributed by atoms with E-state index in [-0.39, 0.29) is 12.0 Å². The lowest BCUT2D eigenvalue weighted by Gasteiger charge is -2.35. The van der Waals surface area contributed by atoms with Crippen LogP contribution >= 0.6 is 11.6 Å². The van der Waals surface area contributed by atoms with Crippen LogP contribution in [0.2, 0.25) is 5.15 Å². The first-order valence-electron chi connectivity index (χ1n) is 9.08. The molecule has 138 valence electrons.